The van der Waals surface area contributed by atoms with Crippen molar-refractivity contribution in [2.75, 3.05) is 13.2 Å². The van der Waals surface area contributed by atoms with Crippen LogP contribution in [0.3, 0.4) is 0 Å². The standard InChI is InChI=1S/C18H19BrClNO6S/c1-12(22)17(21-28(24,25)16-8-4-14(20)5-9-16)18(23)27-11-10-26-15-6-2-13(19)3-7-15/h2-9,12,17,21-22H,10-11H2,1H3. The van der Waals surface area contributed by atoms with Crippen molar-refractivity contribution in [1.82, 2.24) is 4.72 Å². The highest BCUT2D eigenvalue weighted by Gasteiger charge is 2.30. The summed E-state index contributed by atoms with van der Waals surface area (Å²) in [4.78, 5) is 12.1. The lowest BCUT2D eigenvalue weighted by atomic mass is 10.2. The molecule has 2 N–H and O–H groups in total. The average molecular weight is 493 g/mol. The molecular weight excluding hydrogens is 474 g/mol. The molecule has 2 rings (SSSR count). The van der Waals surface area contributed by atoms with Gasteiger partial charge in [0.15, 0.2) is 0 Å². The van der Waals surface area contributed by atoms with Crippen molar-refractivity contribution >= 4 is 43.5 Å². The third kappa shape index (κ3) is 6.75. The van der Waals surface area contributed by atoms with E-state index in [1.165, 1.54) is 31.2 Å². The molecule has 28 heavy (non-hydrogen) atoms. The number of sulfonamides is 1. The van der Waals surface area contributed by atoms with Crippen molar-refractivity contribution in [3.8, 4) is 5.75 Å². The number of benzene rings is 2. The number of aliphatic hydroxyl groups is 1. The fourth-order valence-electron chi connectivity index (χ4n) is 2.11. The second-order valence-corrected chi connectivity index (χ2v) is 8.83. The van der Waals surface area contributed by atoms with E-state index in [2.05, 4.69) is 20.7 Å². The number of ether oxygens (including phenoxy) is 2. The van der Waals surface area contributed by atoms with Crippen molar-refractivity contribution < 1.29 is 27.8 Å². The highest BCUT2D eigenvalue weighted by Crippen LogP contribution is 2.16. The molecule has 0 aliphatic rings. The van der Waals surface area contributed by atoms with Crippen LogP contribution in [0.2, 0.25) is 5.02 Å². The zero-order valence-electron chi connectivity index (χ0n) is 14.8. The number of aliphatic hydroxyl groups excluding tert-OH is 1. The molecule has 0 aromatic heterocycles. The number of halogens is 2. The van der Waals surface area contributed by atoms with E-state index in [-0.39, 0.29) is 18.1 Å². The molecule has 0 spiro atoms. The number of carbonyl (C=O) groups excluding carboxylic acids is 1. The summed E-state index contributed by atoms with van der Waals surface area (Å²) in [6.45, 7) is 1.25. The number of rotatable bonds is 9. The van der Waals surface area contributed by atoms with Crippen LogP contribution in [-0.4, -0.2) is 44.9 Å². The van der Waals surface area contributed by atoms with Gasteiger partial charge in [-0.2, -0.15) is 4.72 Å². The third-order valence-corrected chi connectivity index (χ3v) is 5.79. The van der Waals surface area contributed by atoms with Gasteiger partial charge in [0.25, 0.3) is 0 Å². The Morgan fingerprint density at radius 2 is 1.75 bits per heavy atom. The van der Waals surface area contributed by atoms with Gasteiger partial charge in [0.05, 0.1) is 11.0 Å². The van der Waals surface area contributed by atoms with Crippen LogP contribution in [0.25, 0.3) is 0 Å². The van der Waals surface area contributed by atoms with Crippen LogP contribution in [0.4, 0.5) is 0 Å². The minimum absolute atomic E-state index is 0.0733. The van der Waals surface area contributed by atoms with E-state index in [4.69, 9.17) is 21.1 Å². The van der Waals surface area contributed by atoms with Gasteiger partial charge in [-0.1, -0.05) is 27.5 Å². The molecule has 0 radical (unpaired) electrons. The SMILES string of the molecule is CC(O)C(NS(=O)(=O)c1ccc(Cl)cc1)C(=O)OCCOc1ccc(Br)cc1. The van der Waals surface area contributed by atoms with Crippen LogP contribution in [0.1, 0.15) is 6.92 Å². The highest BCUT2D eigenvalue weighted by atomic mass is 79.9. The Morgan fingerprint density at radius 1 is 1.14 bits per heavy atom. The molecule has 0 saturated carbocycles. The van der Waals surface area contributed by atoms with E-state index >= 15 is 0 Å². The van der Waals surface area contributed by atoms with E-state index in [1.54, 1.807) is 24.3 Å². The molecule has 10 heteroatoms. The van der Waals surface area contributed by atoms with Crippen molar-refractivity contribution in [3.63, 3.8) is 0 Å². The Hall–Kier alpha value is -1.65. The average Bonchev–Trinajstić information content (AvgIpc) is 2.64. The summed E-state index contributed by atoms with van der Waals surface area (Å²) in [5, 5.41) is 10.2. The molecule has 152 valence electrons. The van der Waals surface area contributed by atoms with Crippen molar-refractivity contribution in [3.05, 3.63) is 58.0 Å². The van der Waals surface area contributed by atoms with Gasteiger partial charge in [0, 0.05) is 9.50 Å². The minimum Gasteiger partial charge on any atom is -0.490 e. The van der Waals surface area contributed by atoms with E-state index in [0.717, 1.165) is 4.47 Å². The molecule has 0 amide bonds. The fourth-order valence-corrected chi connectivity index (χ4v) is 3.76. The van der Waals surface area contributed by atoms with Gasteiger partial charge >= 0.3 is 5.97 Å². The normalized spacial score (nSPS) is 13.6. The Bertz CT molecular complexity index is 887. The molecule has 7 nitrogen and oxygen atoms in total. The van der Waals surface area contributed by atoms with Gasteiger partial charge in [-0.05, 0) is 55.5 Å². The topological polar surface area (TPSA) is 102 Å². The summed E-state index contributed by atoms with van der Waals surface area (Å²) >= 11 is 9.06. The van der Waals surface area contributed by atoms with Crippen LogP contribution in [0.15, 0.2) is 57.9 Å². The van der Waals surface area contributed by atoms with Gasteiger partial charge in [-0.25, -0.2) is 8.42 Å². The lowest BCUT2D eigenvalue weighted by Gasteiger charge is -2.20. The third-order valence-electron chi connectivity index (χ3n) is 3.55. The summed E-state index contributed by atoms with van der Waals surface area (Å²) in [6.07, 6.45) is -1.30. The largest absolute Gasteiger partial charge is 0.490 e. The minimum atomic E-state index is -4.05. The smallest absolute Gasteiger partial charge is 0.326 e. The fraction of sp³-hybridized carbons (Fsp3) is 0.278. The Kier molecular flexibility index (Phi) is 8.26. The monoisotopic (exact) mass is 491 g/mol. The summed E-state index contributed by atoms with van der Waals surface area (Å²) in [6, 6.07) is 11.0. The highest BCUT2D eigenvalue weighted by molar-refractivity contribution is 9.10. The van der Waals surface area contributed by atoms with E-state index in [1.807, 2.05) is 0 Å². The van der Waals surface area contributed by atoms with Gasteiger partial charge in [0.1, 0.15) is 25.0 Å². The van der Waals surface area contributed by atoms with Crippen LogP contribution >= 0.6 is 27.5 Å². The Labute approximate surface area is 176 Å². The van der Waals surface area contributed by atoms with Crippen LogP contribution < -0.4 is 9.46 Å². The maximum atomic E-state index is 12.4. The van der Waals surface area contributed by atoms with Crippen molar-refractivity contribution in [2.45, 2.75) is 24.0 Å². The summed E-state index contributed by atoms with van der Waals surface area (Å²) in [5.41, 5.74) is 0. The van der Waals surface area contributed by atoms with E-state index < -0.39 is 28.1 Å². The van der Waals surface area contributed by atoms with Crippen LogP contribution in [-0.2, 0) is 19.6 Å². The maximum Gasteiger partial charge on any atom is 0.326 e. The van der Waals surface area contributed by atoms with Crippen LogP contribution in [0.5, 0.6) is 5.75 Å². The molecule has 0 bridgehead atoms. The van der Waals surface area contributed by atoms with E-state index in [0.29, 0.717) is 10.8 Å². The molecule has 2 unspecified atom stereocenters. The molecule has 2 aromatic rings. The Balaban J connectivity index is 1.92. The second kappa shape index (κ2) is 10.2. The molecule has 2 aromatic carbocycles. The van der Waals surface area contributed by atoms with Crippen LogP contribution in [0, 0.1) is 0 Å². The van der Waals surface area contributed by atoms with E-state index in [9.17, 15) is 18.3 Å². The van der Waals surface area contributed by atoms with Gasteiger partial charge in [-0.3, -0.25) is 4.79 Å². The lowest BCUT2D eigenvalue weighted by Crippen LogP contribution is -2.48. The molecule has 0 saturated heterocycles. The van der Waals surface area contributed by atoms with Crippen molar-refractivity contribution in [2.24, 2.45) is 0 Å². The maximum absolute atomic E-state index is 12.4. The summed E-state index contributed by atoms with van der Waals surface area (Å²) in [7, 11) is -4.05. The first-order valence-electron chi connectivity index (χ1n) is 8.20. The molecule has 0 heterocycles. The number of esters is 1. The second-order valence-electron chi connectivity index (χ2n) is 5.76. The first-order valence-corrected chi connectivity index (χ1v) is 10.9. The predicted octanol–water partition coefficient (Wildman–Crippen LogP) is 2.75. The quantitative estimate of drug-likeness (QED) is 0.412. The number of hydrogen-bond acceptors (Lipinski definition) is 6. The zero-order chi connectivity index (χ0) is 20.7. The summed E-state index contributed by atoms with van der Waals surface area (Å²) < 4.78 is 38.3. The molecule has 0 fully saturated rings. The first kappa shape index (κ1) is 22.6. The molecule has 0 aliphatic carbocycles. The lowest BCUT2D eigenvalue weighted by molar-refractivity contribution is -0.149. The molecule has 0 aliphatic heterocycles. The molecule has 2 atom stereocenters. The number of nitrogens with one attached hydrogen (secondary N) is 1. The van der Waals surface area contributed by atoms with Gasteiger partial charge < -0.3 is 14.6 Å². The van der Waals surface area contributed by atoms with Gasteiger partial charge in [0.2, 0.25) is 10.0 Å². The molecular formula is C18H19BrClNO6S. The first-order chi connectivity index (χ1) is 13.2. The predicted molar refractivity (Wildman–Crippen MR) is 108 cm³/mol. The van der Waals surface area contributed by atoms with Crippen molar-refractivity contribution in [1.29, 1.82) is 0 Å². The van der Waals surface area contributed by atoms with Gasteiger partial charge in [-0.15, -0.1) is 0 Å². The number of hydrogen-bond donors (Lipinski definition) is 2. The zero-order valence-corrected chi connectivity index (χ0v) is 18.0. The number of carbonyl (C=O) groups is 1. The Morgan fingerprint density at radius 3 is 2.32 bits per heavy atom. The summed E-state index contributed by atoms with van der Waals surface area (Å²) in [5.74, 6) is -0.318.